The van der Waals surface area contributed by atoms with Crippen molar-refractivity contribution >= 4 is 17.9 Å². The Kier molecular flexibility index (Phi) is 7.70. The second-order valence-corrected chi connectivity index (χ2v) is 5.11. The molecule has 1 saturated heterocycles. The van der Waals surface area contributed by atoms with Gasteiger partial charge in [-0.2, -0.15) is 0 Å². The van der Waals surface area contributed by atoms with Crippen LogP contribution in [0, 0.1) is 0 Å². The molecule has 0 aromatic heterocycles. The van der Waals surface area contributed by atoms with E-state index in [1.807, 2.05) is 7.05 Å². The van der Waals surface area contributed by atoms with Gasteiger partial charge in [0.15, 0.2) is 0 Å². The summed E-state index contributed by atoms with van der Waals surface area (Å²) in [5.74, 6) is -1.29. The van der Waals surface area contributed by atoms with Gasteiger partial charge >= 0.3 is 12.0 Å². The first-order valence-corrected chi connectivity index (χ1v) is 7.07. The van der Waals surface area contributed by atoms with Gasteiger partial charge in [-0.25, -0.2) is 4.79 Å². The Morgan fingerprint density at radius 3 is 2.67 bits per heavy atom. The average Bonchev–Trinajstić information content (AvgIpc) is 2.41. The molecule has 0 aromatic carbocycles. The lowest BCUT2D eigenvalue weighted by molar-refractivity contribution is -0.137. The summed E-state index contributed by atoms with van der Waals surface area (Å²) in [4.78, 5) is 35.4. The molecule has 1 heterocycles. The lowest BCUT2D eigenvalue weighted by atomic mass is 10.2. The minimum absolute atomic E-state index is 0.0337. The normalized spacial score (nSPS) is 19.0. The molecular weight excluding hydrogens is 278 g/mol. The van der Waals surface area contributed by atoms with E-state index in [0.717, 1.165) is 13.1 Å². The second kappa shape index (κ2) is 9.30. The average molecular weight is 301 g/mol. The lowest BCUT2D eigenvalue weighted by Crippen LogP contribution is -2.48. The fraction of sp³-hybridized carbons (Fsp3) is 0.769. The second-order valence-electron chi connectivity index (χ2n) is 5.11. The standard InChI is InChI=1S/C13H23N3O5/c1-16-6-7-21-10(9-16)8-14-13(20)15-11(17)4-2-3-5-12(18)19/h10H,2-9H2,1H3,(H,18,19)(H2,14,15,17,20). The van der Waals surface area contributed by atoms with E-state index in [2.05, 4.69) is 15.5 Å². The van der Waals surface area contributed by atoms with Crippen molar-refractivity contribution in [1.29, 1.82) is 0 Å². The maximum atomic E-state index is 11.5. The van der Waals surface area contributed by atoms with Crippen molar-refractivity contribution in [1.82, 2.24) is 15.5 Å². The molecule has 8 nitrogen and oxygen atoms in total. The number of rotatable bonds is 7. The number of amides is 3. The molecule has 0 spiro atoms. The van der Waals surface area contributed by atoms with Crippen molar-refractivity contribution in [3.05, 3.63) is 0 Å². The summed E-state index contributed by atoms with van der Waals surface area (Å²) in [5.41, 5.74) is 0. The van der Waals surface area contributed by atoms with Gasteiger partial charge in [0.2, 0.25) is 5.91 Å². The Bertz CT molecular complexity index is 375. The van der Waals surface area contributed by atoms with E-state index in [9.17, 15) is 14.4 Å². The van der Waals surface area contributed by atoms with Crippen LogP contribution in [0.25, 0.3) is 0 Å². The smallest absolute Gasteiger partial charge is 0.321 e. The lowest BCUT2D eigenvalue weighted by Gasteiger charge is -2.30. The van der Waals surface area contributed by atoms with Crippen LogP contribution in [0.15, 0.2) is 0 Å². The Hall–Kier alpha value is -1.67. The van der Waals surface area contributed by atoms with Crippen LogP contribution in [0.4, 0.5) is 4.79 Å². The summed E-state index contributed by atoms with van der Waals surface area (Å²) in [5, 5.41) is 13.3. The highest BCUT2D eigenvalue weighted by Crippen LogP contribution is 2.01. The molecule has 8 heteroatoms. The Morgan fingerprint density at radius 2 is 2.00 bits per heavy atom. The number of nitrogens with one attached hydrogen (secondary N) is 2. The number of hydrogen-bond donors (Lipinski definition) is 3. The summed E-state index contributed by atoms with van der Waals surface area (Å²) >= 11 is 0. The van der Waals surface area contributed by atoms with E-state index in [4.69, 9.17) is 9.84 Å². The van der Waals surface area contributed by atoms with Crippen molar-refractivity contribution in [3.8, 4) is 0 Å². The van der Waals surface area contributed by atoms with Crippen molar-refractivity contribution < 1.29 is 24.2 Å². The molecule has 21 heavy (non-hydrogen) atoms. The number of aliphatic carboxylic acids is 1. The number of morpholine rings is 1. The molecule has 1 aliphatic rings. The zero-order chi connectivity index (χ0) is 15.7. The molecular formula is C13H23N3O5. The van der Waals surface area contributed by atoms with E-state index < -0.39 is 17.9 Å². The number of ether oxygens (including phenoxy) is 1. The van der Waals surface area contributed by atoms with E-state index in [0.29, 0.717) is 26.0 Å². The predicted molar refractivity (Wildman–Crippen MR) is 74.9 cm³/mol. The van der Waals surface area contributed by atoms with E-state index >= 15 is 0 Å². The highest BCUT2D eigenvalue weighted by atomic mass is 16.5. The van der Waals surface area contributed by atoms with Gasteiger partial charge in [0, 0.05) is 32.5 Å². The summed E-state index contributed by atoms with van der Waals surface area (Å²) in [6, 6.07) is -0.546. The molecule has 3 N–H and O–H groups in total. The molecule has 1 atom stereocenters. The number of likely N-dealkylation sites (N-methyl/N-ethyl adjacent to an activating group) is 1. The fourth-order valence-electron chi connectivity index (χ4n) is 1.99. The van der Waals surface area contributed by atoms with Gasteiger partial charge in [-0.1, -0.05) is 0 Å². The first-order valence-electron chi connectivity index (χ1n) is 7.07. The molecule has 0 saturated carbocycles. The highest BCUT2D eigenvalue weighted by molar-refractivity contribution is 5.94. The number of imide groups is 1. The topological polar surface area (TPSA) is 108 Å². The predicted octanol–water partition coefficient (Wildman–Crippen LogP) is -0.212. The molecule has 1 fully saturated rings. The van der Waals surface area contributed by atoms with Crippen molar-refractivity contribution in [2.24, 2.45) is 0 Å². The number of nitrogens with zero attached hydrogens (tertiary/aromatic N) is 1. The van der Waals surface area contributed by atoms with Crippen LogP contribution in [-0.4, -0.2) is 67.3 Å². The van der Waals surface area contributed by atoms with Crippen LogP contribution >= 0.6 is 0 Å². The summed E-state index contributed by atoms with van der Waals surface area (Å²) < 4.78 is 5.48. The maximum absolute atomic E-state index is 11.5. The quantitative estimate of drug-likeness (QED) is 0.561. The molecule has 1 unspecified atom stereocenters. The number of hydrogen-bond acceptors (Lipinski definition) is 5. The number of carboxylic acid groups (broad SMARTS) is 1. The SMILES string of the molecule is CN1CCOC(CNC(=O)NC(=O)CCCCC(=O)O)C1. The third-order valence-corrected chi connectivity index (χ3v) is 3.13. The summed E-state index contributed by atoms with van der Waals surface area (Å²) in [6.07, 6.45) is 0.976. The Morgan fingerprint density at radius 1 is 1.29 bits per heavy atom. The number of unbranched alkanes of at least 4 members (excludes halogenated alkanes) is 1. The molecule has 0 radical (unpaired) electrons. The molecule has 120 valence electrons. The zero-order valence-corrected chi connectivity index (χ0v) is 12.3. The highest BCUT2D eigenvalue weighted by Gasteiger charge is 2.18. The third-order valence-electron chi connectivity index (χ3n) is 3.13. The number of carboxylic acids is 1. The van der Waals surface area contributed by atoms with Gasteiger partial charge < -0.3 is 20.1 Å². The fourth-order valence-corrected chi connectivity index (χ4v) is 1.99. The summed E-state index contributed by atoms with van der Waals surface area (Å²) in [6.45, 7) is 2.59. The number of carbonyl (C=O) groups is 3. The minimum atomic E-state index is -0.884. The van der Waals surface area contributed by atoms with Crippen LogP contribution in [0.3, 0.4) is 0 Å². The Labute approximate surface area is 123 Å². The van der Waals surface area contributed by atoms with E-state index in [1.165, 1.54) is 0 Å². The van der Waals surface area contributed by atoms with Crippen molar-refractivity contribution in [2.45, 2.75) is 31.8 Å². The third kappa shape index (κ3) is 8.26. The van der Waals surface area contributed by atoms with Crippen LogP contribution in [-0.2, 0) is 14.3 Å². The van der Waals surface area contributed by atoms with Gasteiger partial charge in [-0.05, 0) is 19.9 Å². The molecule has 1 aliphatic heterocycles. The first-order chi connectivity index (χ1) is 9.97. The molecule has 1 rings (SSSR count). The number of carbonyl (C=O) groups excluding carboxylic acids is 2. The van der Waals surface area contributed by atoms with Crippen molar-refractivity contribution in [3.63, 3.8) is 0 Å². The van der Waals surface area contributed by atoms with E-state index in [-0.39, 0.29) is 18.9 Å². The minimum Gasteiger partial charge on any atom is -0.481 e. The van der Waals surface area contributed by atoms with Gasteiger partial charge in [0.1, 0.15) is 0 Å². The van der Waals surface area contributed by atoms with Gasteiger partial charge in [-0.3, -0.25) is 14.9 Å². The molecule has 0 aliphatic carbocycles. The monoisotopic (exact) mass is 301 g/mol. The zero-order valence-electron chi connectivity index (χ0n) is 12.3. The van der Waals surface area contributed by atoms with Crippen LogP contribution in [0.1, 0.15) is 25.7 Å². The maximum Gasteiger partial charge on any atom is 0.321 e. The van der Waals surface area contributed by atoms with Gasteiger partial charge in [0.25, 0.3) is 0 Å². The molecule has 3 amide bonds. The van der Waals surface area contributed by atoms with Crippen molar-refractivity contribution in [2.75, 3.05) is 33.3 Å². The first kappa shape index (κ1) is 17.4. The van der Waals surface area contributed by atoms with Crippen LogP contribution in [0.2, 0.25) is 0 Å². The van der Waals surface area contributed by atoms with Crippen LogP contribution < -0.4 is 10.6 Å². The number of urea groups is 1. The summed E-state index contributed by atoms with van der Waals surface area (Å²) in [7, 11) is 1.98. The Balaban J connectivity index is 2.09. The van der Waals surface area contributed by atoms with E-state index in [1.54, 1.807) is 0 Å². The van der Waals surface area contributed by atoms with Crippen LogP contribution in [0.5, 0.6) is 0 Å². The van der Waals surface area contributed by atoms with Gasteiger partial charge in [-0.15, -0.1) is 0 Å². The molecule has 0 aromatic rings. The molecule has 0 bridgehead atoms. The largest absolute Gasteiger partial charge is 0.481 e. The van der Waals surface area contributed by atoms with Gasteiger partial charge in [0.05, 0.1) is 12.7 Å².